The molecule has 120 valence electrons. The molecule has 3 nitrogen and oxygen atoms in total. The van der Waals surface area contributed by atoms with E-state index in [1.165, 1.54) is 18.2 Å². The molecule has 2 rings (SSSR count). The van der Waals surface area contributed by atoms with E-state index in [4.69, 9.17) is 0 Å². The maximum Gasteiger partial charge on any atom is 0.573 e. The van der Waals surface area contributed by atoms with E-state index < -0.39 is 6.36 Å². The van der Waals surface area contributed by atoms with Crippen LogP contribution in [0, 0.1) is 0 Å². The summed E-state index contributed by atoms with van der Waals surface area (Å²) in [5.74, 6) is -0.227. The topological polar surface area (TPSA) is 32.7 Å². The summed E-state index contributed by atoms with van der Waals surface area (Å²) in [6.45, 7) is 3.09. The lowest BCUT2D eigenvalue weighted by Crippen LogP contribution is -2.32. The van der Waals surface area contributed by atoms with Crippen molar-refractivity contribution in [3.8, 4) is 5.75 Å². The summed E-state index contributed by atoms with van der Waals surface area (Å²) in [6.07, 6.45) is -0.202. The highest BCUT2D eigenvalue weighted by Gasteiger charge is 2.31. The van der Waals surface area contributed by atoms with E-state index in [9.17, 15) is 18.3 Å². The molecule has 6 heteroatoms. The van der Waals surface area contributed by atoms with Crippen LogP contribution in [0.15, 0.2) is 47.6 Å². The SMILES string of the molecule is C/C=C\C1=C(CO)CCN(c2cccc(OC(F)(F)F)c2)C1. The molecule has 0 aliphatic carbocycles. The third-order valence-electron chi connectivity index (χ3n) is 3.47. The minimum atomic E-state index is -4.69. The zero-order valence-corrected chi connectivity index (χ0v) is 12.2. The van der Waals surface area contributed by atoms with Gasteiger partial charge in [-0.2, -0.15) is 0 Å². The van der Waals surface area contributed by atoms with Gasteiger partial charge in [0.15, 0.2) is 0 Å². The Balaban J connectivity index is 2.19. The van der Waals surface area contributed by atoms with Crippen LogP contribution in [0.5, 0.6) is 5.75 Å². The molecule has 0 radical (unpaired) electrons. The zero-order valence-electron chi connectivity index (χ0n) is 12.2. The molecule has 1 aliphatic rings. The predicted octanol–water partition coefficient (Wildman–Crippen LogP) is 3.66. The number of aliphatic hydroxyl groups excluding tert-OH is 1. The van der Waals surface area contributed by atoms with Gasteiger partial charge in [0.05, 0.1) is 6.61 Å². The van der Waals surface area contributed by atoms with Crippen molar-refractivity contribution in [2.24, 2.45) is 0 Å². The molecule has 1 heterocycles. The van der Waals surface area contributed by atoms with Gasteiger partial charge in [0.25, 0.3) is 0 Å². The number of rotatable bonds is 4. The second-order valence-electron chi connectivity index (χ2n) is 5.00. The zero-order chi connectivity index (χ0) is 16.2. The Hall–Kier alpha value is -1.95. The number of anilines is 1. The largest absolute Gasteiger partial charge is 0.573 e. The molecule has 1 N–H and O–H groups in total. The Bertz CT molecular complexity index is 579. The van der Waals surface area contributed by atoms with Crippen molar-refractivity contribution >= 4 is 5.69 Å². The molecule has 0 spiro atoms. The van der Waals surface area contributed by atoms with Crippen LogP contribution in [0.1, 0.15) is 13.3 Å². The van der Waals surface area contributed by atoms with E-state index in [1.807, 2.05) is 24.0 Å². The number of benzene rings is 1. The molecular formula is C16H18F3NO2. The fraction of sp³-hybridized carbons (Fsp3) is 0.375. The number of hydrogen-bond donors (Lipinski definition) is 1. The van der Waals surface area contributed by atoms with Crippen LogP contribution in [0.2, 0.25) is 0 Å². The standard InChI is InChI=1S/C16H18F3NO2/c1-2-4-12-10-20(8-7-13(12)11-21)14-5-3-6-15(9-14)22-16(17,18)19/h2-6,9,21H,7-8,10-11H2,1H3/b4-2-. The minimum Gasteiger partial charge on any atom is -0.406 e. The summed E-state index contributed by atoms with van der Waals surface area (Å²) in [5, 5.41) is 9.36. The first-order valence-electron chi connectivity index (χ1n) is 6.98. The normalized spacial score (nSPS) is 16.5. The fourth-order valence-corrected chi connectivity index (χ4v) is 2.48. The van der Waals surface area contributed by atoms with E-state index in [0.717, 1.165) is 11.1 Å². The summed E-state index contributed by atoms with van der Waals surface area (Å²) in [6, 6.07) is 5.95. The highest BCUT2D eigenvalue weighted by molar-refractivity contribution is 5.54. The minimum absolute atomic E-state index is 0.00470. The maximum absolute atomic E-state index is 12.3. The molecule has 0 fully saturated rings. The van der Waals surface area contributed by atoms with Crippen molar-refractivity contribution in [3.05, 3.63) is 47.6 Å². The molecule has 0 amide bonds. The van der Waals surface area contributed by atoms with Crippen LogP contribution in [0.3, 0.4) is 0 Å². The number of allylic oxidation sites excluding steroid dienone is 1. The van der Waals surface area contributed by atoms with Crippen LogP contribution in [-0.4, -0.2) is 31.2 Å². The molecule has 1 aromatic rings. The lowest BCUT2D eigenvalue weighted by atomic mass is 9.99. The maximum atomic E-state index is 12.3. The first kappa shape index (κ1) is 16.4. The van der Waals surface area contributed by atoms with Crippen LogP contribution in [0.4, 0.5) is 18.9 Å². The van der Waals surface area contributed by atoms with Gasteiger partial charge in [-0.15, -0.1) is 13.2 Å². The van der Waals surface area contributed by atoms with Crippen molar-refractivity contribution in [2.45, 2.75) is 19.7 Å². The Labute approximate surface area is 127 Å². The monoisotopic (exact) mass is 313 g/mol. The molecule has 0 unspecified atom stereocenters. The first-order valence-corrected chi connectivity index (χ1v) is 6.98. The Morgan fingerprint density at radius 1 is 1.36 bits per heavy atom. The van der Waals surface area contributed by atoms with Crippen molar-refractivity contribution in [1.82, 2.24) is 0 Å². The van der Waals surface area contributed by atoms with E-state index in [0.29, 0.717) is 25.2 Å². The van der Waals surface area contributed by atoms with Crippen molar-refractivity contribution < 1.29 is 23.0 Å². The third kappa shape index (κ3) is 4.27. The molecule has 0 aromatic heterocycles. The number of ether oxygens (including phenoxy) is 1. The molecule has 1 aromatic carbocycles. The average Bonchev–Trinajstić information content (AvgIpc) is 2.46. The second kappa shape index (κ2) is 6.87. The molecule has 22 heavy (non-hydrogen) atoms. The number of nitrogens with zero attached hydrogens (tertiary/aromatic N) is 1. The summed E-state index contributed by atoms with van der Waals surface area (Å²) in [5.41, 5.74) is 2.64. The lowest BCUT2D eigenvalue weighted by Gasteiger charge is -2.31. The van der Waals surface area contributed by atoms with Gasteiger partial charge in [0.1, 0.15) is 5.75 Å². The van der Waals surface area contributed by atoms with Gasteiger partial charge < -0.3 is 14.7 Å². The second-order valence-corrected chi connectivity index (χ2v) is 5.00. The van der Waals surface area contributed by atoms with Crippen molar-refractivity contribution in [1.29, 1.82) is 0 Å². The quantitative estimate of drug-likeness (QED) is 0.921. The number of hydrogen-bond acceptors (Lipinski definition) is 3. The van der Waals surface area contributed by atoms with E-state index in [-0.39, 0.29) is 12.4 Å². The first-order chi connectivity index (χ1) is 10.4. The van der Waals surface area contributed by atoms with E-state index >= 15 is 0 Å². The summed E-state index contributed by atoms with van der Waals surface area (Å²) >= 11 is 0. The Morgan fingerprint density at radius 3 is 2.77 bits per heavy atom. The van der Waals surface area contributed by atoms with E-state index in [2.05, 4.69) is 4.74 Å². The molecule has 0 saturated carbocycles. The van der Waals surface area contributed by atoms with Crippen LogP contribution in [-0.2, 0) is 0 Å². The predicted molar refractivity (Wildman–Crippen MR) is 78.9 cm³/mol. The van der Waals surface area contributed by atoms with Crippen molar-refractivity contribution in [3.63, 3.8) is 0 Å². The summed E-state index contributed by atoms with van der Waals surface area (Å²) < 4.78 is 40.8. The lowest BCUT2D eigenvalue weighted by molar-refractivity contribution is -0.274. The fourth-order valence-electron chi connectivity index (χ4n) is 2.48. The molecule has 0 bridgehead atoms. The van der Waals surface area contributed by atoms with Gasteiger partial charge in [0.2, 0.25) is 0 Å². The highest BCUT2D eigenvalue weighted by atomic mass is 19.4. The van der Waals surface area contributed by atoms with Gasteiger partial charge in [-0.05, 0) is 36.6 Å². The van der Waals surface area contributed by atoms with Crippen molar-refractivity contribution in [2.75, 3.05) is 24.6 Å². The van der Waals surface area contributed by atoms with Gasteiger partial charge in [-0.3, -0.25) is 0 Å². The smallest absolute Gasteiger partial charge is 0.406 e. The summed E-state index contributed by atoms with van der Waals surface area (Å²) in [4.78, 5) is 1.97. The molecule has 1 aliphatic heterocycles. The van der Waals surface area contributed by atoms with Gasteiger partial charge in [0, 0.05) is 24.8 Å². The third-order valence-corrected chi connectivity index (χ3v) is 3.47. The van der Waals surface area contributed by atoms with E-state index in [1.54, 1.807) is 6.07 Å². The van der Waals surface area contributed by atoms with Crippen LogP contribution in [0.25, 0.3) is 0 Å². The van der Waals surface area contributed by atoms with Gasteiger partial charge in [-0.25, -0.2) is 0 Å². The average molecular weight is 313 g/mol. The van der Waals surface area contributed by atoms with Gasteiger partial charge in [-0.1, -0.05) is 18.2 Å². The van der Waals surface area contributed by atoms with Crippen LogP contribution < -0.4 is 9.64 Å². The van der Waals surface area contributed by atoms with Crippen LogP contribution >= 0.6 is 0 Å². The number of aliphatic hydroxyl groups is 1. The molecular weight excluding hydrogens is 295 g/mol. The molecule has 0 atom stereocenters. The Kier molecular flexibility index (Phi) is 5.13. The number of alkyl halides is 3. The Morgan fingerprint density at radius 2 is 2.14 bits per heavy atom. The molecule has 0 saturated heterocycles. The van der Waals surface area contributed by atoms with Gasteiger partial charge >= 0.3 is 6.36 Å². The number of halogens is 3. The highest BCUT2D eigenvalue weighted by Crippen LogP contribution is 2.29. The summed E-state index contributed by atoms with van der Waals surface area (Å²) in [7, 11) is 0.